The smallest absolute Gasteiger partial charge is 0.194 e. The highest BCUT2D eigenvalue weighted by Gasteiger charge is 2.43. The zero-order valence-corrected chi connectivity index (χ0v) is 10.8. The van der Waals surface area contributed by atoms with E-state index < -0.39 is 31.1 Å². The molecule has 4 atom stereocenters. The number of nitrogen functional groups attached to an aromatic ring is 1. The Labute approximate surface area is 118 Å². The monoisotopic (exact) mass is 294 g/mol. The van der Waals surface area contributed by atoms with Crippen molar-refractivity contribution in [1.29, 1.82) is 0 Å². The van der Waals surface area contributed by atoms with Crippen LogP contribution in [0.5, 0.6) is 0 Å². The van der Waals surface area contributed by atoms with Crippen molar-refractivity contribution >= 4 is 16.9 Å². The maximum absolute atomic E-state index is 11.9. The number of hydrogen-bond acceptors (Lipinski definition) is 8. The van der Waals surface area contributed by atoms with Gasteiger partial charge in [0.05, 0.1) is 6.61 Å². The van der Waals surface area contributed by atoms with Crippen molar-refractivity contribution in [3.05, 3.63) is 28.8 Å². The first kappa shape index (κ1) is 13.9. The van der Waals surface area contributed by atoms with Crippen molar-refractivity contribution in [1.82, 2.24) is 14.5 Å². The van der Waals surface area contributed by atoms with E-state index in [2.05, 4.69) is 9.97 Å². The number of pyridine rings is 1. The van der Waals surface area contributed by atoms with Gasteiger partial charge in [-0.15, -0.1) is 0 Å². The summed E-state index contributed by atoms with van der Waals surface area (Å²) in [5, 5.41) is 29.1. The predicted octanol–water partition coefficient (Wildman–Crippen LogP) is -2.01. The number of hydrogen-bond donors (Lipinski definition) is 4. The lowest BCUT2D eigenvalue weighted by atomic mass is 10.1. The summed E-state index contributed by atoms with van der Waals surface area (Å²) in [6.07, 6.45) is -1.85. The van der Waals surface area contributed by atoms with E-state index in [0.29, 0.717) is 0 Å². The van der Waals surface area contributed by atoms with Crippen LogP contribution in [0.2, 0.25) is 0 Å². The van der Waals surface area contributed by atoms with Crippen LogP contribution in [0.15, 0.2) is 23.4 Å². The van der Waals surface area contributed by atoms with E-state index >= 15 is 0 Å². The van der Waals surface area contributed by atoms with Gasteiger partial charge in [0.25, 0.3) is 0 Å². The summed E-state index contributed by atoms with van der Waals surface area (Å²) in [5.41, 5.74) is 5.51. The van der Waals surface area contributed by atoms with Crippen LogP contribution in [0.25, 0.3) is 11.0 Å². The van der Waals surface area contributed by atoms with Crippen molar-refractivity contribution in [2.24, 2.45) is 0 Å². The number of rotatable bonds is 2. The van der Waals surface area contributed by atoms with Gasteiger partial charge in [0.15, 0.2) is 17.3 Å². The van der Waals surface area contributed by atoms with Gasteiger partial charge in [-0.1, -0.05) is 0 Å². The Hall–Kier alpha value is -2.07. The number of nitrogens with zero attached hydrogens (tertiary/aromatic N) is 3. The maximum Gasteiger partial charge on any atom is 0.194 e. The van der Waals surface area contributed by atoms with Crippen LogP contribution in [0, 0.1) is 0 Å². The van der Waals surface area contributed by atoms with Gasteiger partial charge in [-0.2, -0.15) is 0 Å². The molecule has 3 heterocycles. The van der Waals surface area contributed by atoms with Crippen molar-refractivity contribution < 1.29 is 20.1 Å². The summed E-state index contributed by atoms with van der Waals surface area (Å²) < 4.78 is 6.81. The summed E-state index contributed by atoms with van der Waals surface area (Å²) in [6, 6.07) is 1.25. The summed E-state index contributed by atoms with van der Waals surface area (Å²) in [6.45, 7) is -0.440. The van der Waals surface area contributed by atoms with Gasteiger partial charge >= 0.3 is 0 Å². The van der Waals surface area contributed by atoms with Crippen LogP contribution >= 0.6 is 0 Å². The van der Waals surface area contributed by atoms with E-state index in [1.165, 1.54) is 23.2 Å². The topological polar surface area (TPSA) is 144 Å². The summed E-state index contributed by atoms with van der Waals surface area (Å²) in [7, 11) is 0. The Morgan fingerprint density at radius 2 is 2.10 bits per heavy atom. The summed E-state index contributed by atoms with van der Waals surface area (Å²) >= 11 is 0. The van der Waals surface area contributed by atoms with Crippen LogP contribution in [-0.2, 0) is 4.74 Å². The molecule has 1 saturated heterocycles. The molecule has 0 radical (unpaired) electrons. The average molecular weight is 294 g/mol. The molecule has 0 saturated carbocycles. The second-order valence-corrected chi connectivity index (χ2v) is 4.77. The second kappa shape index (κ2) is 5.04. The molecule has 0 bridgehead atoms. The third-order valence-electron chi connectivity index (χ3n) is 3.53. The number of aromatic nitrogens is 3. The molecule has 0 amide bonds. The number of aliphatic hydroxyl groups excluding tert-OH is 3. The lowest BCUT2D eigenvalue weighted by molar-refractivity contribution is -0.0511. The second-order valence-electron chi connectivity index (χ2n) is 4.77. The van der Waals surface area contributed by atoms with E-state index in [0.717, 1.165) is 0 Å². The van der Waals surface area contributed by atoms with Crippen molar-refractivity contribution in [3.63, 3.8) is 0 Å². The molecular weight excluding hydrogens is 280 g/mol. The molecule has 1 aliphatic rings. The molecule has 1 aliphatic heterocycles. The molecule has 2 aromatic rings. The fraction of sp³-hybridized carbons (Fsp3) is 0.417. The largest absolute Gasteiger partial charge is 0.394 e. The zero-order valence-electron chi connectivity index (χ0n) is 10.8. The standard InChI is InChI=1S/C12H14N4O5/c13-10-7-5(18)1-2-16(11(7)15-4-14-10)12-9(20)8(19)6(3-17)21-12/h1-2,4,6,8-9,12,17,19-20H,3H2,(H2,13,14,15)/t6-,8+,9-,12?/m1/s1. The van der Waals surface area contributed by atoms with E-state index in [-0.39, 0.29) is 22.3 Å². The molecule has 1 fully saturated rings. The van der Waals surface area contributed by atoms with Gasteiger partial charge in [0.2, 0.25) is 0 Å². The average Bonchev–Trinajstić information content (AvgIpc) is 2.76. The quantitative estimate of drug-likeness (QED) is 0.497. The first-order valence-electron chi connectivity index (χ1n) is 6.28. The van der Waals surface area contributed by atoms with Crippen LogP contribution in [0.3, 0.4) is 0 Å². The molecule has 5 N–H and O–H groups in total. The fourth-order valence-electron chi connectivity index (χ4n) is 2.44. The van der Waals surface area contributed by atoms with Gasteiger partial charge in [-0.05, 0) is 0 Å². The van der Waals surface area contributed by atoms with Gasteiger partial charge < -0.3 is 30.4 Å². The normalized spacial score (nSPS) is 29.1. The third kappa shape index (κ3) is 2.07. The molecule has 112 valence electrons. The van der Waals surface area contributed by atoms with E-state index in [1.807, 2.05) is 0 Å². The van der Waals surface area contributed by atoms with Crippen LogP contribution < -0.4 is 11.2 Å². The molecule has 0 spiro atoms. The molecule has 0 aromatic carbocycles. The molecule has 0 aliphatic carbocycles. The molecule has 21 heavy (non-hydrogen) atoms. The highest BCUT2D eigenvalue weighted by molar-refractivity contribution is 5.84. The first-order chi connectivity index (χ1) is 10.0. The van der Waals surface area contributed by atoms with Crippen molar-refractivity contribution in [2.75, 3.05) is 12.3 Å². The molecule has 3 rings (SSSR count). The highest BCUT2D eigenvalue weighted by Crippen LogP contribution is 2.30. The van der Waals surface area contributed by atoms with Gasteiger partial charge in [0, 0.05) is 12.3 Å². The number of nitrogens with two attached hydrogens (primary N) is 1. The molecule has 9 heteroatoms. The SMILES string of the molecule is Nc1ncnc2c1c(=O)ccn2C1O[C@H](CO)[C@H](O)[C@H]1O. The lowest BCUT2D eigenvalue weighted by Gasteiger charge is -2.20. The van der Waals surface area contributed by atoms with Gasteiger partial charge in [0.1, 0.15) is 35.8 Å². The molecular formula is C12H14N4O5. The molecule has 2 aromatic heterocycles. The van der Waals surface area contributed by atoms with Crippen LogP contribution in [-0.4, -0.2) is 54.8 Å². The van der Waals surface area contributed by atoms with Crippen LogP contribution in [0.4, 0.5) is 5.82 Å². The lowest BCUT2D eigenvalue weighted by Crippen LogP contribution is -2.33. The minimum absolute atomic E-state index is 0.0195. The minimum Gasteiger partial charge on any atom is -0.394 e. The Kier molecular flexibility index (Phi) is 3.33. The number of ether oxygens (including phenoxy) is 1. The molecule has 9 nitrogen and oxygen atoms in total. The number of anilines is 1. The summed E-state index contributed by atoms with van der Waals surface area (Å²) in [4.78, 5) is 19.6. The van der Waals surface area contributed by atoms with Crippen LogP contribution in [0.1, 0.15) is 6.23 Å². The predicted molar refractivity (Wildman–Crippen MR) is 71.2 cm³/mol. The fourth-order valence-corrected chi connectivity index (χ4v) is 2.44. The number of aliphatic hydroxyl groups is 3. The Bertz CT molecular complexity index is 733. The third-order valence-corrected chi connectivity index (χ3v) is 3.53. The Balaban J connectivity index is 2.16. The Morgan fingerprint density at radius 3 is 2.76 bits per heavy atom. The van der Waals surface area contributed by atoms with E-state index in [4.69, 9.17) is 15.6 Å². The Morgan fingerprint density at radius 1 is 1.33 bits per heavy atom. The van der Waals surface area contributed by atoms with Crippen molar-refractivity contribution in [2.45, 2.75) is 24.5 Å². The molecule has 1 unspecified atom stereocenters. The van der Waals surface area contributed by atoms with E-state index in [9.17, 15) is 15.0 Å². The van der Waals surface area contributed by atoms with Gasteiger partial charge in [-0.3, -0.25) is 4.79 Å². The zero-order chi connectivity index (χ0) is 15.1. The van der Waals surface area contributed by atoms with Crippen molar-refractivity contribution in [3.8, 4) is 0 Å². The minimum atomic E-state index is -1.27. The number of fused-ring (bicyclic) bond motifs is 1. The highest BCUT2D eigenvalue weighted by atomic mass is 16.6. The maximum atomic E-state index is 11.9. The first-order valence-corrected chi connectivity index (χ1v) is 6.28. The summed E-state index contributed by atoms with van der Waals surface area (Å²) in [5.74, 6) is 0.0195. The van der Waals surface area contributed by atoms with Gasteiger partial charge in [-0.25, -0.2) is 9.97 Å². The van der Waals surface area contributed by atoms with E-state index in [1.54, 1.807) is 0 Å².